The molecule has 0 aromatic carbocycles. The molecule has 2 atom stereocenters. The van der Waals surface area contributed by atoms with Crippen LogP contribution in [0.15, 0.2) is 4.34 Å². The van der Waals surface area contributed by atoms with Crippen molar-refractivity contribution in [1.29, 1.82) is 0 Å². The van der Waals surface area contributed by atoms with Crippen LogP contribution in [-0.4, -0.2) is 40.3 Å². The number of aryl methyl sites for hydroxylation is 1. The smallest absolute Gasteiger partial charge is 0.326 e. The number of carbonyl (C=O) groups excluding carboxylic acids is 1. The summed E-state index contributed by atoms with van der Waals surface area (Å²) in [7, 11) is 1.87. The molecule has 1 saturated carbocycles. The van der Waals surface area contributed by atoms with E-state index >= 15 is 0 Å². The van der Waals surface area contributed by atoms with Crippen molar-refractivity contribution in [3.8, 4) is 0 Å². The van der Waals surface area contributed by atoms with Gasteiger partial charge in [-0.05, 0) is 57.6 Å². The molecule has 1 aliphatic carbocycles. The summed E-state index contributed by atoms with van der Waals surface area (Å²) in [5.41, 5.74) is -0.492. The lowest BCUT2D eigenvalue weighted by atomic mass is 9.85. The van der Waals surface area contributed by atoms with E-state index in [1.807, 2.05) is 20.9 Å². The predicted octanol–water partition coefficient (Wildman–Crippen LogP) is 2.65. The van der Waals surface area contributed by atoms with Gasteiger partial charge >= 0.3 is 5.97 Å². The third-order valence-corrected chi connectivity index (χ3v) is 6.07. The van der Waals surface area contributed by atoms with Crippen LogP contribution in [-0.2, 0) is 9.53 Å². The van der Waals surface area contributed by atoms with E-state index < -0.39 is 5.54 Å². The van der Waals surface area contributed by atoms with Crippen molar-refractivity contribution in [2.45, 2.75) is 49.4 Å². The molecular weight excluding hydrogens is 306 g/mol. The van der Waals surface area contributed by atoms with Gasteiger partial charge in [0.05, 0.1) is 6.61 Å². The van der Waals surface area contributed by atoms with E-state index in [0.29, 0.717) is 12.5 Å². The van der Waals surface area contributed by atoms with Crippen LogP contribution in [0, 0.1) is 12.8 Å². The molecule has 118 valence electrons. The molecule has 0 saturated heterocycles. The van der Waals surface area contributed by atoms with Gasteiger partial charge in [-0.3, -0.25) is 4.79 Å². The van der Waals surface area contributed by atoms with Crippen molar-refractivity contribution < 1.29 is 9.53 Å². The number of aromatic nitrogens is 2. The first-order valence-electron chi connectivity index (χ1n) is 7.41. The number of hydrogen-bond donors (Lipinski definition) is 1. The van der Waals surface area contributed by atoms with Crippen molar-refractivity contribution in [3.05, 3.63) is 5.82 Å². The SMILES string of the molecule is CCOC(=O)C1(NC)CCCC1CCSc1nc(C)ns1. The molecule has 5 nitrogen and oxygen atoms in total. The fraction of sp³-hybridized carbons (Fsp3) is 0.786. The Morgan fingerprint density at radius 2 is 2.43 bits per heavy atom. The van der Waals surface area contributed by atoms with Crippen LogP contribution in [0.1, 0.15) is 38.4 Å². The Morgan fingerprint density at radius 3 is 3.05 bits per heavy atom. The van der Waals surface area contributed by atoms with Crippen LogP contribution in [0.4, 0.5) is 0 Å². The second kappa shape index (κ2) is 7.56. The van der Waals surface area contributed by atoms with Gasteiger partial charge in [0.1, 0.15) is 11.4 Å². The minimum absolute atomic E-state index is 0.0910. The lowest BCUT2D eigenvalue weighted by molar-refractivity contribution is -0.152. The molecule has 7 heteroatoms. The maximum absolute atomic E-state index is 12.3. The van der Waals surface area contributed by atoms with Crippen LogP contribution < -0.4 is 5.32 Å². The zero-order chi connectivity index (χ0) is 15.3. The number of ether oxygens (including phenoxy) is 1. The summed E-state index contributed by atoms with van der Waals surface area (Å²) >= 11 is 3.18. The van der Waals surface area contributed by atoms with E-state index in [9.17, 15) is 4.79 Å². The number of esters is 1. The van der Waals surface area contributed by atoms with Gasteiger partial charge in [-0.2, -0.15) is 4.37 Å². The summed E-state index contributed by atoms with van der Waals surface area (Å²) in [4.78, 5) is 16.7. The third kappa shape index (κ3) is 3.76. The molecule has 0 radical (unpaired) electrons. The van der Waals surface area contributed by atoms with Crippen LogP contribution in [0.3, 0.4) is 0 Å². The molecule has 0 amide bonds. The second-order valence-corrected chi connectivity index (χ2v) is 7.37. The Kier molecular flexibility index (Phi) is 6.01. The Balaban J connectivity index is 1.92. The summed E-state index contributed by atoms with van der Waals surface area (Å²) in [6.45, 7) is 4.21. The zero-order valence-corrected chi connectivity index (χ0v) is 14.5. The number of nitrogens with zero attached hydrogens (tertiary/aromatic N) is 2. The molecule has 0 bridgehead atoms. The molecular formula is C14H23N3O2S2. The van der Waals surface area contributed by atoms with Gasteiger partial charge in [0.2, 0.25) is 0 Å². The van der Waals surface area contributed by atoms with Crippen LogP contribution in [0.5, 0.6) is 0 Å². The van der Waals surface area contributed by atoms with Crippen LogP contribution in [0.25, 0.3) is 0 Å². The Morgan fingerprint density at radius 1 is 1.62 bits per heavy atom. The first-order valence-corrected chi connectivity index (χ1v) is 9.17. The van der Waals surface area contributed by atoms with Crippen molar-refractivity contribution >= 4 is 29.3 Å². The predicted molar refractivity (Wildman–Crippen MR) is 85.8 cm³/mol. The lowest BCUT2D eigenvalue weighted by Gasteiger charge is -2.32. The number of likely N-dealkylation sites (N-methyl/N-ethyl adjacent to an activating group) is 1. The number of carbonyl (C=O) groups is 1. The minimum Gasteiger partial charge on any atom is -0.465 e. The number of hydrogen-bond acceptors (Lipinski definition) is 7. The molecule has 0 spiro atoms. The summed E-state index contributed by atoms with van der Waals surface area (Å²) in [5.74, 6) is 2.04. The van der Waals surface area contributed by atoms with E-state index in [-0.39, 0.29) is 5.97 Å². The summed E-state index contributed by atoms with van der Waals surface area (Å²) in [6, 6.07) is 0. The first-order chi connectivity index (χ1) is 10.1. The summed E-state index contributed by atoms with van der Waals surface area (Å²) < 4.78 is 10.5. The minimum atomic E-state index is -0.492. The van der Waals surface area contributed by atoms with Gasteiger partial charge < -0.3 is 10.1 Å². The van der Waals surface area contributed by atoms with Gasteiger partial charge in [0.25, 0.3) is 0 Å². The molecule has 21 heavy (non-hydrogen) atoms. The maximum atomic E-state index is 12.3. The van der Waals surface area contributed by atoms with Gasteiger partial charge in [-0.25, -0.2) is 4.98 Å². The first kappa shape index (κ1) is 16.7. The monoisotopic (exact) mass is 329 g/mol. The third-order valence-electron chi connectivity index (χ3n) is 4.11. The highest BCUT2D eigenvalue weighted by Gasteiger charge is 2.48. The van der Waals surface area contributed by atoms with Crippen LogP contribution >= 0.6 is 23.3 Å². The Bertz CT molecular complexity index is 481. The average molecular weight is 329 g/mol. The van der Waals surface area contributed by atoms with Gasteiger partial charge in [0, 0.05) is 5.75 Å². The number of rotatable bonds is 7. The molecule has 2 unspecified atom stereocenters. The normalized spacial score (nSPS) is 25.2. The largest absolute Gasteiger partial charge is 0.465 e. The molecule has 1 heterocycles. The van der Waals surface area contributed by atoms with Crippen molar-refractivity contribution in [3.63, 3.8) is 0 Å². The summed E-state index contributed by atoms with van der Waals surface area (Å²) in [6.07, 6.45) is 4.01. The van der Waals surface area contributed by atoms with E-state index in [0.717, 1.165) is 41.6 Å². The van der Waals surface area contributed by atoms with Gasteiger partial charge in [-0.1, -0.05) is 18.2 Å². The standard InChI is InChI=1S/C14H23N3O2S2/c1-4-19-12(18)14(15-3)8-5-6-11(14)7-9-20-13-16-10(2)17-21-13/h11,15H,4-9H2,1-3H3. The fourth-order valence-corrected chi connectivity index (χ4v) is 4.82. The molecule has 1 aromatic heterocycles. The molecule has 1 fully saturated rings. The molecule has 0 aliphatic heterocycles. The molecule has 1 aromatic rings. The number of nitrogens with one attached hydrogen (secondary N) is 1. The van der Waals surface area contributed by atoms with Gasteiger partial charge in [0.15, 0.2) is 4.34 Å². The average Bonchev–Trinajstić information content (AvgIpc) is 3.06. The van der Waals surface area contributed by atoms with Crippen LogP contribution in [0.2, 0.25) is 0 Å². The van der Waals surface area contributed by atoms with E-state index in [2.05, 4.69) is 14.7 Å². The van der Waals surface area contributed by atoms with Crippen molar-refractivity contribution in [2.24, 2.45) is 5.92 Å². The Labute approximate surface area is 134 Å². The number of thioether (sulfide) groups is 1. The maximum Gasteiger partial charge on any atom is 0.326 e. The van der Waals surface area contributed by atoms with E-state index in [1.54, 1.807) is 11.8 Å². The zero-order valence-electron chi connectivity index (χ0n) is 12.8. The van der Waals surface area contributed by atoms with E-state index in [4.69, 9.17) is 4.74 Å². The second-order valence-electron chi connectivity index (χ2n) is 5.28. The Hall–Kier alpha value is -0.660. The highest BCUT2D eigenvalue weighted by molar-refractivity contribution is 8.00. The highest BCUT2D eigenvalue weighted by atomic mass is 32.2. The molecule has 1 N–H and O–H groups in total. The molecule has 2 rings (SSSR count). The van der Waals surface area contributed by atoms with Crippen molar-refractivity contribution in [1.82, 2.24) is 14.7 Å². The highest BCUT2D eigenvalue weighted by Crippen LogP contribution is 2.40. The molecule has 1 aliphatic rings. The fourth-order valence-electron chi connectivity index (χ4n) is 3.05. The topological polar surface area (TPSA) is 64.1 Å². The van der Waals surface area contributed by atoms with E-state index in [1.165, 1.54) is 11.5 Å². The van der Waals surface area contributed by atoms with Crippen molar-refractivity contribution in [2.75, 3.05) is 19.4 Å². The summed E-state index contributed by atoms with van der Waals surface area (Å²) in [5, 5.41) is 3.26. The quantitative estimate of drug-likeness (QED) is 0.613. The lowest BCUT2D eigenvalue weighted by Crippen LogP contribution is -2.54. The van der Waals surface area contributed by atoms with Gasteiger partial charge in [-0.15, -0.1) is 0 Å².